The number of nitrogens with one attached hydrogen (secondary N) is 1. The number of hydrogen-bond donors (Lipinski definition) is 1. The molecule has 2 rings (SSSR count). The van der Waals surface area contributed by atoms with Crippen LogP contribution in [0.5, 0.6) is 0 Å². The monoisotopic (exact) mass is 239 g/mol. The summed E-state index contributed by atoms with van der Waals surface area (Å²) in [6.07, 6.45) is 3.52. The molecule has 0 atom stereocenters. The lowest BCUT2D eigenvalue weighted by Crippen LogP contribution is -2.11. The van der Waals surface area contributed by atoms with Crippen LogP contribution < -0.4 is 5.56 Å². The maximum absolute atomic E-state index is 11.0. The van der Waals surface area contributed by atoms with E-state index in [2.05, 4.69) is 9.97 Å². The molecule has 2 heterocycles. The third-order valence-electron chi connectivity index (χ3n) is 1.89. The second-order valence-corrected chi connectivity index (χ2v) is 4.79. The molecule has 0 aliphatic carbocycles. The minimum atomic E-state index is -0.170. The summed E-state index contributed by atoms with van der Waals surface area (Å²) in [7, 11) is 0. The first-order valence-electron chi connectivity index (χ1n) is 4.36. The molecule has 78 valence electrons. The average molecular weight is 239 g/mol. The van der Waals surface area contributed by atoms with Crippen molar-refractivity contribution in [2.75, 3.05) is 0 Å². The molecule has 0 aliphatic heterocycles. The van der Waals surface area contributed by atoms with Gasteiger partial charge in [0, 0.05) is 23.3 Å². The number of H-pyrrole nitrogens is 1. The van der Waals surface area contributed by atoms with E-state index >= 15 is 0 Å². The van der Waals surface area contributed by atoms with Gasteiger partial charge in [0.1, 0.15) is 0 Å². The normalized spacial score (nSPS) is 10.5. The van der Waals surface area contributed by atoms with E-state index in [-0.39, 0.29) is 5.56 Å². The van der Waals surface area contributed by atoms with Gasteiger partial charge in [-0.2, -0.15) is 0 Å². The molecule has 0 radical (unpaired) electrons. The van der Waals surface area contributed by atoms with Gasteiger partial charge in [-0.25, -0.2) is 4.98 Å². The summed E-state index contributed by atoms with van der Waals surface area (Å²) >= 11 is 6.66. The lowest BCUT2D eigenvalue weighted by atomic mass is 10.5. The zero-order valence-electron chi connectivity index (χ0n) is 8.06. The Kier molecular flexibility index (Phi) is 2.79. The van der Waals surface area contributed by atoms with Crippen LogP contribution in [0.1, 0.15) is 9.88 Å². The molecule has 1 N–H and O–H groups in total. The zero-order valence-corrected chi connectivity index (χ0v) is 9.69. The Morgan fingerprint density at radius 2 is 2.47 bits per heavy atom. The quantitative estimate of drug-likeness (QED) is 0.812. The lowest BCUT2D eigenvalue weighted by molar-refractivity contribution is 0.753. The zero-order chi connectivity index (χ0) is 10.8. The summed E-state index contributed by atoms with van der Waals surface area (Å²) in [5, 5.41) is 1.03. The van der Waals surface area contributed by atoms with Crippen molar-refractivity contribution >= 4 is 23.6 Å². The van der Waals surface area contributed by atoms with Crippen LogP contribution in [-0.2, 0) is 6.54 Å². The fraction of sp³-hybridized carbons (Fsp3) is 0.222. The van der Waals surface area contributed by atoms with E-state index in [1.54, 1.807) is 17.5 Å². The molecule has 0 amide bonds. The minimum absolute atomic E-state index is 0.170. The minimum Gasteiger partial charge on any atom is -0.320 e. The molecule has 15 heavy (non-hydrogen) atoms. The van der Waals surface area contributed by atoms with Crippen LogP contribution >= 0.6 is 23.6 Å². The van der Waals surface area contributed by atoms with E-state index in [9.17, 15) is 4.79 Å². The van der Waals surface area contributed by atoms with Gasteiger partial charge in [0.2, 0.25) is 0 Å². The maximum atomic E-state index is 11.0. The molecule has 0 unspecified atom stereocenters. The topological polar surface area (TPSA) is 50.7 Å². The number of aryl methyl sites for hydroxylation is 1. The van der Waals surface area contributed by atoms with E-state index < -0.39 is 0 Å². The Morgan fingerprint density at radius 3 is 3.07 bits per heavy atom. The van der Waals surface area contributed by atoms with Gasteiger partial charge in [-0.3, -0.25) is 9.78 Å². The van der Waals surface area contributed by atoms with Gasteiger partial charge in [0.15, 0.2) is 4.77 Å². The highest BCUT2D eigenvalue weighted by atomic mass is 32.1. The molecule has 0 bridgehead atoms. The van der Waals surface area contributed by atoms with Crippen LogP contribution in [0, 0.1) is 11.7 Å². The Balaban J connectivity index is 2.32. The first-order valence-corrected chi connectivity index (χ1v) is 5.59. The molecule has 6 heteroatoms. The van der Waals surface area contributed by atoms with Crippen LogP contribution in [0.25, 0.3) is 0 Å². The number of aromatic nitrogens is 3. The van der Waals surface area contributed by atoms with E-state index in [4.69, 9.17) is 12.2 Å². The molecule has 0 aromatic carbocycles. The molecular weight excluding hydrogens is 230 g/mol. The summed E-state index contributed by atoms with van der Waals surface area (Å²) in [5.74, 6) is 0. The summed E-state index contributed by atoms with van der Waals surface area (Å²) in [6, 6.07) is 1.46. The van der Waals surface area contributed by atoms with Gasteiger partial charge < -0.3 is 4.57 Å². The molecule has 2 aromatic rings. The fourth-order valence-corrected chi connectivity index (χ4v) is 2.23. The third kappa shape index (κ3) is 2.40. The second-order valence-electron chi connectivity index (χ2n) is 3.08. The Labute approximate surface area is 95.2 Å². The van der Waals surface area contributed by atoms with Crippen LogP contribution in [0.4, 0.5) is 0 Å². The molecule has 0 fully saturated rings. The van der Waals surface area contributed by atoms with Crippen molar-refractivity contribution in [2.24, 2.45) is 0 Å². The van der Waals surface area contributed by atoms with E-state index in [0.717, 1.165) is 9.88 Å². The van der Waals surface area contributed by atoms with Gasteiger partial charge >= 0.3 is 0 Å². The molecule has 0 saturated heterocycles. The SMILES string of the molecule is Cc1ncc(Cn2ccc(=O)[nH]c2=S)s1. The summed E-state index contributed by atoms with van der Waals surface area (Å²) in [6.45, 7) is 2.61. The van der Waals surface area contributed by atoms with Gasteiger partial charge in [-0.15, -0.1) is 11.3 Å². The third-order valence-corrected chi connectivity index (χ3v) is 3.13. The lowest BCUT2D eigenvalue weighted by Gasteiger charge is -2.02. The predicted molar refractivity (Wildman–Crippen MR) is 61.8 cm³/mol. The van der Waals surface area contributed by atoms with Crippen LogP contribution in [-0.4, -0.2) is 14.5 Å². The number of aromatic amines is 1. The van der Waals surface area contributed by atoms with Crippen LogP contribution in [0.15, 0.2) is 23.3 Å². The summed E-state index contributed by atoms with van der Waals surface area (Å²) < 4.78 is 2.25. The van der Waals surface area contributed by atoms with E-state index in [1.807, 2.05) is 17.7 Å². The molecule has 0 spiro atoms. The number of thiazole rings is 1. The first-order chi connectivity index (χ1) is 7.15. The standard InChI is InChI=1S/C9H9N3OS2/c1-6-10-4-7(15-6)5-12-3-2-8(13)11-9(12)14/h2-4H,5H2,1H3,(H,11,13,14). The van der Waals surface area contributed by atoms with Gasteiger partial charge in [0.25, 0.3) is 5.56 Å². The van der Waals surface area contributed by atoms with Crippen LogP contribution in [0.3, 0.4) is 0 Å². The highest BCUT2D eigenvalue weighted by Crippen LogP contribution is 2.12. The number of nitrogens with zero attached hydrogens (tertiary/aromatic N) is 2. The Morgan fingerprint density at radius 1 is 1.67 bits per heavy atom. The molecular formula is C9H9N3OS2. The van der Waals surface area contributed by atoms with Gasteiger partial charge in [-0.05, 0) is 19.1 Å². The van der Waals surface area contributed by atoms with Crippen molar-refractivity contribution in [3.8, 4) is 0 Å². The van der Waals surface area contributed by atoms with E-state index in [0.29, 0.717) is 11.3 Å². The van der Waals surface area contributed by atoms with Gasteiger partial charge in [-0.1, -0.05) is 0 Å². The predicted octanol–water partition coefficient (Wildman–Crippen LogP) is 1.72. The Hall–Kier alpha value is -1.27. The number of rotatable bonds is 2. The highest BCUT2D eigenvalue weighted by Gasteiger charge is 1.99. The van der Waals surface area contributed by atoms with Gasteiger partial charge in [0.05, 0.1) is 11.6 Å². The maximum Gasteiger partial charge on any atom is 0.251 e. The van der Waals surface area contributed by atoms with E-state index in [1.165, 1.54) is 6.07 Å². The largest absolute Gasteiger partial charge is 0.320 e. The first kappa shape index (κ1) is 10.3. The average Bonchev–Trinajstić information content (AvgIpc) is 2.56. The van der Waals surface area contributed by atoms with Crippen molar-refractivity contribution in [3.63, 3.8) is 0 Å². The van der Waals surface area contributed by atoms with Crippen molar-refractivity contribution in [3.05, 3.63) is 43.5 Å². The smallest absolute Gasteiger partial charge is 0.251 e. The summed E-state index contributed by atoms with van der Waals surface area (Å²) in [4.78, 5) is 18.8. The van der Waals surface area contributed by atoms with Crippen molar-refractivity contribution < 1.29 is 0 Å². The molecule has 0 aliphatic rings. The van der Waals surface area contributed by atoms with Crippen LogP contribution in [0.2, 0.25) is 0 Å². The van der Waals surface area contributed by atoms with Crippen molar-refractivity contribution in [1.82, 2.24) is 14.5 Å². The molecule has 2 aromatic heterocycles. The van der Waals surface area contributed by atoms with Crippen molar-refractivity contribution in [1.29, 1.82) is 0 Å². The Bertz CT molecular complexity index is 581. The van der Waals surface area contributed by atoms with Crippen molar-refractivity contribution in [2.45, 2.75) is 13.5 Å². The molecule has 0 saturated carbocycles. The second kappa shape index (κ2) is 4.08. The highest BCUT2D eigenvalue weighted by molar-refractivity contribution is 7.71. The molecule has 4 nitrogen and oxygen atoms in total. The number of hydrogen-bond acceptors (Lipinski definition) is 4. The fourth-order valence-electron chi connectivity index (χ4n) is 1.22. The summed E-state index contributed by atoms with van der Waals surface area (Å²) in [5.41, 5.74) is -0.170.